The summed E-state index contributed by atoms with van der Waals surface area (Å²) in [4.78, 5) is 29.2. The molecule has 1 amide bonds. The number of rotatable bonds is 6. The number of nitrogens with one attached hydrogen (secondary N) is 1. The molecule has 1 saturated heterocycles. The molecule has 0 spiro atoms. The number of primary amides is 1. The van der Waals surface area contributed by atoms with E-state index in [1.165, 1.54) is 4.68 Å². The zero-order valence-electron chi connectivity index (χ0n) is 14.6. The zero-order valence-corrected chi connectivity index (χ0v) is 14.6. The Morgan fingerprint density at radius 3 is 3.08 bits per heavy atom. The third-order valence-corrected chi connectivity index (χ3v) is 4.27. The summed E-state index contributed by atoms with van der Waals surface area (Å²) in [5.41, 5.74) is 6.37. The second kappa shape index (κ2) is 7.96. The van der Waals surface area contributed by atoms with Crippen LogP contribution in [0.4, 0.5) is 11.5 Å². The highest BCUT2D eigenvalue weighted by Gasteiger charge is 2.21. The molecule has 9 nitrogen and oxygen atoms in total. The molecule has 0 radical (unpaired) electrons. The molecule has 1 fully saturated rings. The van der Waals surface area contributed by atoms with Gasteiger partial charge in [0.25, 0.3) is 5.56 Å². The summed E-state index contributed by atoms with van der Waals surface area (Å²) in [6, 6.07) is 4.79. The summed E-state index contributed by atoms with van der Waals surface area (Å²) in [6.45, 7) is 2.64. The van der Waals surface area contributed by atoms with Gasteiger partial charge in [0.2, 0.25) is 5.91 Å². The van der Waals surface area contributed by atoms with Gasteiger partial charge in [0, 0.05) is 44.5 Å². The van der Waals surface area contributed by atoms with Crippen LogP contribution in [0.3, 0.4) is 0 Å². The summed E-state index contributed by atoms with van der Waals surface area (Å²) in [6.07, 6.45) is 4.03. The fraction of sp³-hybridized carbons (Fsp3) is 0.412. The summed E-state index contributed by atoms with van der Waals surface area (Å²) in [7, 11) is 1.63. The number of ether oxygens (including phenoxy) is 1. The Morgan fingerprint density at radius 2 is 2.31 bits per heavy atom. The van der Waals surface area contributed by atoms with Crippen molar-refractivity contribution in [1.29, 1.82) is 0 Å². The Labute approximate surface area is 150 Å². The maximum absolute atomic E-state index is 11.8. The number of aryl methyl sites for hydroxylation is 1. The molecule has 138 valence electrons. The fourth-order valence-corrected chi connectivity index (χ4v) is 2.80. The quantitative estimate of drug-likeness (QED) is 0.746. The van der Waals surface area contributed by atoms with Gasteiger partial charge in [-0.05, 0) is 18.6 Å². The van der Waals surface area contributed by atoms with Crippen LogP contribution >= 0.6 is 0 Å². The van der Waals surface area contributed by atoms with Gasteiger partial charge in [-0.2, -0.15) is 5.10 Å². The van der Waals surface area contributed by atoms with Gasteiger partial charge in [-0.3, -0.25) is 9.59 Å². The van der Waals surface area contributed by atoms with Gasteiger partial charge < -0.3 is 20.7 Å². The average molecular weight is 358 g/mol. The number of carbonyl (C=O) groups excluding carboxylic acids is 1. The topological polar surface area (TPSA) is 115 Å². The number of pyridine rings is 1. The van der Waals surface area contributed by atoms with Gasteiger partial charge in [0.15, 0.2) is 0 Å². The first-order valence-electron chi connectivity index (χ1n) is 8.42. The van der Waals surface area contributed by atoms with E-state index >= 15 is 0 Å². The van der Waals surface area contributed by atoms with Gasteiger partial charge in [0.05, 0.1) is 24.6 Å². The molecule has 3 heterocycles. The van der Waals surface area contributed by atoms with Crippen molar-refractivity contribution < 1.29 is 9.53 Å². The van der Waals surface area contributed by atoms with E-state index in [2.05, 4.69) is 20.3 Å². The first-order valence-corrected chi connectivity index (χ1v) is 8.42. The van der Waals surface area contributed by atoms with Gasteiger partial charge in [-0.25, -0.2) is 9.67 Å². The van der Waals surface area contributed by atoms with Crippen LogP contribution in [0.25, 0.3) is 0 Å². The number of morpholine rings is 1. The molecule has 1 aliphatic heterocycles. The lowest BCUT2D eigenvalue weighted by atomic mass is 10.2. The summed E-state index contributed by atoms with van der Waals surface area (Å²) in [5.74, 6) is 0.119. The fourth-order valence-electron chi connectivity index (χ4n) is 2.80. The summed E-state index contributed by atoms with van der Waals surface area (Å²) >= 11 is 0. The van der Waals surface area contributed by atoms with Gasteiger partial charge in [-0.15, -0.1) is 0 Å². The SMILES string of the molecule is Cn1ncc(N2CCOC(CCNc3cc(C(N)=O)ccn3)C2)cc1=O. The number of aromatic nitrogens is 3. The second-order valence-electron chi connectivity index (χ2n) is 6.12. The molecular formula is C17H22N6O3. The predicted octanol–water partition coefficient (Wildman–Crippen LogP) is -0.0184. The van der Waals surface area contributed by atoms with Crippen LogP contribution in [-0.2, 0) is 11.8 Å². The van der Waals surface area contributed by atoms with Crippen molar-refractivity contribution in [3.8, 4) is 0 Å². The van der Waals surface area contributed by atoms with Gasteiger partial charge in [0.1, 0.15) is 5.82 Å². The van der Waals surface area contributed by atoms with Crippen LogP contribution in [0.1, 0.15) is 16.8 Å². The second-order valence-corrected chi connectivity index (χ2v) is 6.12. The minimum atomic E-state index is -0.482. The van der Waals surface area contributed by atoms with Crippen LogP contribution in [0.2, 0.25) is 0 Å². The highest BCUT2D eigenvalue weighted by molar-refractivity contribution is 5.93. The van der Waals surface area contributed by atoms with Crippen LogP contribution in [0.5, 0.6) is 0 Å². The minimum Gasteiger partial charge on any atom is -0.374 e. The molecule has 3 rings (SSSR count). The number of anilines is 2. The molecule has 26 heavy (non-hydrogen) atoms. The lowest BCUT2D eigenvalue weighted by molar-refractivity contribution is 0.0374. The standard InChI is InChI=1S/C17H22N6O3/c1-22-16(24)9-13(10-21-22)23-6-7-26-14(11-23)3-5-20-15-8-12(17(18)25)2-4-19-15/h2,4,8-10,14H,3,5-7,11H2,1H3,(H2,18,25)(H,19,20). The largest absolute Gasteiger partial charge is 0.374 e. The van der Waals surface area contributed by atoms with Crippen molar-refractivity contribution in [2.45, 2.75) is 12.5 Å². The molecule has 9 heteroatoms. The molecule has 1 aliphatic rings. The molecule has 2 aromatic rings. The highest BCUT2D eigenvalue weighted by atomic mass is 16.5. The van der Waals surface area contributed by atoms with E-state index in [0.29, 0.717) is 31.1 Å². The van der Waals surface area contributed by atoms with Crippen molar-refractivity contribution in [2.75, 3.05) is 36.5 Å². The maximum atomic E-state index is 11.8. The van der Waals surface area contributed by atoms with Gasteiger partial charge in [-0.1, -0.05) is 0 Å². The van der Waals surface area contributed by atoms with Crippen LogP contribution < -0.4 is 21.5 Å². The summed E-state index contributed by atoms with van der Waals surface area (Å²) in [5, 5.41) is 7.24. The highest BCUT2D eigenvalue weighted by Crippen LogP contribution is 2.16. The molecule has 0 aromatic carbocycles. The van der Waals surface area contributed by atoms with Crippen LogP contribution in [0.15, 0.2) is 35.4 Å². The molecule has 1 unspecified atom stereocenters. The molecule has 0 bridgehead atoms. The van der Waals surface area contributed by atoms with Crippen LogP contribution in [-0.4, -0.2) is 53.0 Å². The van der Waals surface area contributed by atoms with Crippen molar-refractivity contribution in [1.82, 2.24) is 14.8 Å². The molecule has 0 aliphatic carbocycles. The van der Waals surface area contributed by atoms with E-state index in [4.69, 9.17) is 10.5 Å². The molecular weight excluding hydrogens is 336 g/mol. The van der Waals surface area contributed by atoms with E-state index in [0.717, 1.165) is 18.7 Å². The Morgan fingerprint density at radius 1 is 1.46 bits per heavy atom. The van der Waals surface area contributed by atoms with E-state index < -0.39 is 5.91 Å². The average Bonchev–Trinajstić information content (AvgIpc) is 2.64. The third kappa shape index (κ3) is 4.37. The zero-order chi connectivity index (χ0) is 18.5. The number of nitrogens with two attached hydrogens (primary N) is 1. The Balaban J connectivity index is 1.54. The Hall–Kier alpha value is -2.94. The third-order valence-electron chi connectivity index (χ3n) is 4.27. The number of amides is 1. The van der Waals surface area contributed by atoms with Crippen molar-refractivity contribution in [2.24, 2.45) is 12.8 Å². The van der Waals surface area contributed by atoms with Crippen molar-refractivity contribution in [3.63, 3.8) is 0 Å². The molecule has 3 N–H and O–H groups in total. The summed E-state index contributed by atoms with van der Waals surface area (Å²) < 4.78 is 7.11. The maximum Gasteiger partial charge on any atom is 0.268 e. The van der Waals surface area contributed by atoms with E-state index in [1.807, 2.05) is 0 Å². The van der Waals surface area contributed by atoms with Crippen LogP contribution in [0, 0.1) is 0 Å². The van der Waals surface area contributed by atoms with Gasteiger partial charge >= 0.3 is 0 Å². The monoisotopic (exact) mass is 358 g/mol. The Bertz CT molecular complexity index is 837. The van der Waals surface area contributed by atoms with E-state index in [1.54, 1.807) is 37.6 Å². The minimum absolute atomic E-state index is 0.0274. The normalized spacial score (nSPS) is 17.1. The number of nitrogens with zero attached hydrogens (tertiary/aromatic N) is 4. The number of carbonyl (C=O) groups is 1. The van der Waals surface area contributed by atoms with Crippen molar-refractivity contribution >= 4 is 17.4 Å². The number of hydrogen-bond acceptors (Lipinski definition) is 7. The smallest absolute Gasteiger partial charge is 0.268 e. The first-order chi connectivity index (χ1) is 12.5. The van der Waals surface area contributed by atoms with E-state index in [9.17, 15) is 9.59 Å². The lowest BCUT2D eigenvalue weighted by Gasteiger charge is -2.34. The lowest BCUT2D eigenvalue weighted by Crippen LogP contribution is -2.43. The number of hydrogen-bond donors (Lipinski definition) is 2. The molecule has 1 atom stereocenters. The molecule has 2 aromatic heterocycles. The predicted molar refractivity (Wildman–Crippen MR) is 97.3 cm³/mol. The van der Waals surface area contributed by atoms with E-state index in [-0.39, 0.29) is 11.7 Å². The Kier molecular flexibility index (Phi) is 5.47. The molecule has 0 saturated carbocycles. The first kappa shape index (κ1) is 17.9. The van der Waals surface area contributed by atoms with Crippen molar-refractivity contribution in [3.05, 3.63) is 46.5 Å².